The summed E-state index contributed by atoms with van der Waals surface area (Å²) >= 11 is 0. The van der Waals surface area contributed by atoms with E-state index in [-0.39, 0.29) is 11.3 Å². The molecule has 0 aliphatic carbocycles. The van der Waals surface area contributed by atoms with Crippen LogP contribution in [-0.2, 0) is 7.05 Å². The van der Waals surface area contributed by atoms with Crippen LogP contribution in [0, 0.1) is 5.82 Å². The fourth-order valence-corrected chi connectivity index (χ4v) is 1.37. The molecule has 0 spiro atoms. The number of nitrogens with zero attached hydrogens (tertiary/aromatic N) is 2. The number of benzene rings is 1. The number of aryl methyl sites for hydroxylation is 1. The van der Waals surface area contributed by atoms with Crippen LogP contribution in [0.4, 0.5) is 10.1 Å². The normalized spacial score (nSPS) is 10.2. The maximum Gasteiger partial charge on any atom is 0.258 e. The quantitative estimate of drug-likeness (QED) is 0.829. The number of nitrogens with one attached hydrogen (secondary N) is 1. The maximum absolute atomic E-state index is 13.4. The van der Waals surface area contributed by atoms with E-state index in [9.17, 15) is 9.18 Å². The summed E-state index contributed by atoms with van der Waals surface area (Å²) in [6.07, 6.45) is 3.05. The molecule has 0 atom stereocenters. The SMILES string of the molecule is Cn1cc(NC(=O)c2ccc(O)cc2F)cn1. The topological polar surface area (TPSA) is 67.2 Å². The number of phenols is 1. The molecular formula is C11H10FN3O2. The Morgan fingerprint density at radius 3 is 2.88 bits per heavy atom. The lowest BCUT2D eigenvalue weighted by Gasteiger charge is -2.03. The molecule has 2 rings (SSSR count). The highest BCUT2D eigenvalue weighted by molar-refractivity contribution is 6.04. The van der Waals surface area contributed by atoms with E-state index in [1.165, 1.54) is 23.0 Å². The lowest BCUT2D eigenvalue weighted by molar-refractivity contribution is 0.102. The van der Waals surface area contributed by atoms with Crippen molar-refractivity contribution < 1.29 is 14.3 Å². The number of aromatic nitrogens is 2. The monoisotopic (exact) mass is 235 g/mol. The van der Waals surface area contributed by atoms with Crippen LogP contribution in [0.5, 0.6) is 5.75 Å². The van der Waals surface area contributed by atoms with Crippen molar-refractivity contribution in [2.75, 3.05) is 5.32 Å². The first kappa shape index (κ1) is 11.1. The second-order valence-electron chi connectivity index (χ2n) is 3.52. The van der Waals surface area contributed by atoms with Crippen LogP contribution in [0.1, 0.15) is 10.4 Å². The molecule has 0 radical (unpaired) electrons. The van der Waals surface area contributed by atoms with E-state index in [4.69, 9.17) is 5.11 Å². The minimum absolute atomic E-state index is 0.133. The number of hydrogen-bond acceptors (Lipinski definition) is 3. The van der Waals surface area contributed by atoms with Gasteiger partial charge in [-0.15, -0.1) is 0 Å². The third-order valence-corrected chi connectivity index (χ3v) is 2.16. The fraction of sp³-hybridized carbons (Fsp3) is 0.0909. The molecule has 0 saturated heterocycles. The van der Waals surface area contributed by atoms with Gasteiger partial charge in [0.25, 0.3) is 5.91 Å². The first-order valence-corrected chi connectivity index (χ1v) is 4.85. The molecule has 88 valence electrons. The van der Waals surface area contributed by atoms with Crippen molar-refractivity contribution in [1.29, 1.82) is 0 Å². The molecule has 6 heteroatoms. The van der Waals surface area contributed by atoms with Crippen molar-refractivity contribution in [2.24, 2.45) is 7.05 Å². The van der Waals surface area contributed by atoms with E-state index in [1.54, 1.807) is 13.2 Å². The van der Waals surface area contributed by atoms with E-state index in [0.717, 1.165) is 6.07 Å². The first-order chi connectivity index (χ1) is 8.06. The van der Waals surface area contributed by atoms with Gasteiger partial charge in [-0.1, -0.05) is 0 Å². The highest BCUT2D eigenvalue weighted by atomic mass is 19.1. The van der Waals surface area contributed by atoms with Crippen LogP contribution in [0.15, 0.2) is 30.6 Å². The molecule has 0 unspecified atom stereocenters. The van der Waals surface area contributed by atoms with Crippen LogP contribution in [0.3, 0.4) is 0 Å². The molecule has 1 aromatic carbocycles. The summed E-state index contributed by atoms with van der Waals surface area (Å²) in [6.45, 7) is 0. The summed E-state index contributed by atoms with van der Waals surface area (Å²) < 4.78 is 14.9. The summed E-state index contributed by atoms with van der Waals surface area (Å²) in [7, 11) is 1.71. The number of carbonyl (C=O) groups excluding carboxylic acids is 1. The van der Waals surface area contributed by atoms with Gasteiger partial charge in [0.2, 0.25) is 0 Å². The Hall–Kier alpha value is -2.37. The van der Waals surface area contributed by atoms with Gasteiger partial charge in [-0.05, 0) is 12.1 Å². The third-order valence-electron chi connectivity index (χ3n) is 2.16. The number of anilines is 1. The van der Waals surface area contributed by atoms with Crippen molar-refractivity contribution in [2.45, 2.75) is 0 Å². The largest absolute Gasteiger partial charge is 0.508 e. The van der Waals surface area contributed by atoms with Gasteiger partial charge in [0, 0.05) is 19.3 Å². The van der Waals surface area contributed by atoms with Crippen LogP contribution in [0.25, 0.3) is 0 Å². The van der Waals surface area contributed by atoms with Gasteiger partial charge in [0.15, 0.2) is 0 Å². The molecule has 1 aromatic heterocycles. The van der Waals surface area contributed by atoms with E-state index in [1.807, 2.05) is 0 Å². The van der Waals surface area contributed by atoms with Gasteiger partial charge in [0.05, 0.1) is 17.4 Å². The lowest BCUT2D eigenvalue weighted by atomic mass is 10.2. The molecule has 2 N–H and O–H groups in total. The number of aromatic hydroxyl groups is 1. The zero-order chi connectivity index (χ0) is 12.4. The van der Waals surface area contributed by atoms with Gasteiger partial charge in [-0.2, -0.15) is 5.10 Å². The van der Waals surface area contributed by atoms with Crippen LogP contribution in [-0.4, -0.2) is 20.8 Å². The second-order valence-corrected chi connectivity index (χ2v) is 3.52. The fourth-order valence-electron chi connectivity index (χ4n) is 1.37. The maximum atomic E-state index is 13.4. The van der Waals surface area contributed by atoms with Gasteiger partial charge in [-0.3, -0.25) is 9.48 Å². The smallest absolute Gasteiger partial charge is 0.258 e. The summed E-state index contributed by atoms with van der Waals surface area (Å²) in [5.41, 5.74) is 0.344. The molecule has 17 heavy (non-hydrogen) atoms. The first-order valence-electron chi connectivity index (χ1n) is 4.85. The Morgan fingerprint density at radius 2 is 2.29 bits per heavy atom. The molecule has 0 bridgehead atoms. The van der Waals surface area contributed by atoms with Gasteiger partial charge >= 0.3 is 0 Å². The summed E-state index contributed by atoms with van der Waals surface area (Å²) in [5.74, 6) is -1.58. The zero-order valence-corrected chi connectivity index (χ0v) is 9.01. The Balaban J connectivity index is 2.20. The van der Waals surface area contributed by atoms with Crippen molar-refractivity contribution in [3.8, 4) is 5.75 Å². The molecule has 0 aliphatic heterocycles. The lowest BCUT2D eigenvalue weighted by Crippen LogP contribution is -2.13. The minimum Gasteiger partial charge on any atom is -0.508 e. The number of hydrogen-bond donors (Lipinski definition) is 2. The average molecular weight is 235 g/mol. The molecule has 0 fully saturated rings. The number of halogens is 1. The molecular weight excluding hydrogens is 225 g/mol. The van der Waals surface area contributed by atoms with E-state index < -0.39 is 11.7 Å². The third kappa shape index (κ3) is 2.41. The highest BCUT2D eigenvalue weighted by Gasteiger charge is 2.12. The summed E-state index contributed by atoms with van der Waals surface area (Å²) in [5, 5.41) is 15.4. The van der Waals surface area contributed by atoms with E-state index >= 15 is 0 Å². The molecule has 0 saturated carbocycles. The van der Waals surface area contributed by atoms with Gasteiger partial charge in [0.1, 0.15) is 11.6 Å². The molecule has 1 heterocycles. The minimum atomic E-state index is -0.772. The van der Waals surface area contributed by atoms with Crippen molar-refractivity contribution in [1.82, 2.24) is 9.78 Å². The zero-order valence-electron chi connectivity index (χ0n) is 9.01. The number of carbonyl (C=O) groups is 1. The Labute approximate surface area is 96.5 Å². The Bertz CT molecular complexity index is 566. The predicted molar refractivity (Wildman–Crippen MR) is 59.2 cm³/mol. The van der Waals surface area contributed by atoms with Crippen molar-refractivity contribution in [3.63, 3.8) is 0 Å². The van der Waals surface area contributed by atoms with Crippen LogP contribution < -0.4 is 5.32 Å². The standard InChI is InChI=1S/C11H10FN3O2/c1-15-6-7(5-13-15)14-11(17)9-3-2-8(16)4-10(9)12/h2-6,16H,1H3,(H,14,17). The molecule has 0 aliphatic rings. The molecule has 1 amide bonds. The predicted octanol–water partition coefficient (Wildman–Crippen LogP) is 1.52. The second kappa shape index (κ2) is 4.25. The number of amides is 1. The average Bonchev–Trinajstić information content (AvgIpc) is 2.63. The van der Waals surface area contributed by atoms with Crippen molar-refractivity contribution >= 4 is 11.6 Å². The Morgan fingerprint density at radius 1 is 1.53 bits per heavy atom. The van der Waals surface area contributed by atoms with E-state index in [0.29, 0.717) is 5.69 Å². The molecule has 5 nitrogen and oxygen atoms in total. The van der Waals surface area contributed by atoms with Gasteiger partial charge in [-0.25, -0.2) is 4.39 Å². The van der Waals surface area contributed by atoms with Crippen LogP contribution in [0.2, 0.25) is 0 Å². The van der Waals surface area contributed by atoms with Gasteiger partial charge < -0.3 is 10.4 Å². The summed E-state index contributed by atoms with van der Waals surface area (Å²) in [6, 6.07) is 3.36. The number of phenolic OH excluding ortho intramolecular Hbond substituents is 1. The Kier molecular flexibility index (Phi) is 2.78. The van der Waals surface area contributed by atoms with E-state index in [2.05, 4.69) is 10.4 Å². The highest BCUT2D eigenvalue weighted by Crippen LogP contribution is 2.16. The molecule has 2 aromatic rings. The number of rotatable bonds is 2. The van der Waals surface area contributed by atoms with Crippen molar-refractivity contribution in [3.05, 3.63) is 42.0 Å². The summed E-state index contributed by atoms with van der Waals surface area (Å²) in [4.78, 5) is 11.7. The van der Waals surface area contributed by atoms with Crippen LogP contribution >= 0.6 is 0 Å².